The van der Waals surface area contributed by atoms with Gasteiger partial charge in [0, 0.05) is 16.3 Å². The summed E-state index contributed by atoms with van der Waals surface area (Å²) in [4.78, 5) is 24.2. The minimum Gasteiger partial charge on any atom is -0.462 e. The zero-order valence-corrected chi connectivity index (χ0v) is 19.4. The summed E-state index contributed by atoms with van der Waals surface area (Å²) in [6.07, 6.45) is -1.15. The lowest BCUT2D eigenvalue weighted by Gasteiger charge is -2.27. The zero-order chi connectivity index (χ0) is 22.3. The molecule has 0 radical (unpaired) electrons. The SMILES string of the molecule is CCOC(=O)c1ccc(NC(=S)N[C@@H](NC(=O)c2cccc(Cl)c2)C(Cl)(Cl)Cl)cc1. The summed E-state index contributed by atoms with van der Waals surface area (Å²) in [6.45, 7) is 2.01. The van der Waals surface area contributed by atoms with Crippen LogP contribution in [-0.2, 0) is 4.74 Å². The number of thiocarbonyl (C=S) groups is 1. The predicted molar refractivity (Wildman–Crippen MR) is 125 cm³/mol. The molecule has 0 aliphatic heterocycles. The van der Waals surface area contributed by atoms with Crippen molar-refractivity contribution in [3.8, 4) is 0 Å². The normalized spacial score (nSPS) is 11.9. The van der Waals surface area contributed by atoms with E-state index < -0.39 is 21.8 Å². The minimum atomic E-state index is -1.91. The van der Waals surface area contributed by atoms with Gasteiger partial charge in [0.15, 0.2) is 5.11 Å². The standard InChI is InChI=1S/C19H17Cl4N3O3S/c1-2-29-16(28)11-6-8-14(9-7-11)24-18(30)26-17(19(21,22)23)25-15(27)12-4-3-5-13(20)10-12/h3-10,17H,2H2,1H3,(H,25,27)(H2,24,26,30)/t17-/m1/s1. The first-order valence-corrected chi connectivity index (χ1v) is 10.5. The second kappa shape index (κ2) is 11.0. The summed E-state index contributed by atoms with van der Waals surface area (Å²) in [6, 6.07) is 12.7. The van der Waals surface area contributed by atoms with Crippen LogP contribution >= 0.6 is 58.6 Å². The van der Waals surface area contributed by atoms with Crippen LogP contribution in [-0.4, -0.2) is 33.6 Å². The molecular weight excluding hydrogens is 492 g/mol. The van der Waals surface area contributed by atoms with Crippen LogP contribution in [0.4, 0.5) is 5.69 Å². The Labute approximate surface area is 199 Å². The molecule has 6 nitrogen and oxygen atoms in total. The molecule has 0 fully saturated rings. The summed E-state index contributed by atoms with van der Waals surface area (Å²) in [5.74, 6) is -0.937. The van der Waals surface area contributed by atoms with Crippen molar-refractivity contribution >= 4 is 81.3 Å². The van der Waals surface area contributed by atoms with Crippen molar-refractivity contribution in [1.29, 1.82) is 0 Å². The Balaban J connectivity index is 2.03. The smallest absolute Gasteiger partial charge is 0.338 e. The molecule has 2 aromatic rings. The molecular formula is C19H17Cl4N3O3S. The van der Waals surface area contributed by atoms with E-state index in [1.807, 2.05) is 0 Å². The van der Waals surface area contributed by atoms with E-state index in [9.17, 15) is 9.59 Å². The fraction of sp³-hybridized carbons (Fsp3) is 0.211. The van der Waals surface area contributed by atoms with Crippen molar-refractivity contribution in [2.45, 2.75) is 16.9 Å². The van der Waals surface area contributed by atoms with Gasteiger partial charge in [-0.3, -0.25) is 4.79 Å². The van der Waals surface area contributed by atoms with Gasteiger partial charge < -0.3 is 20.7 Å². The molecule has 0 saturated heterocycles. The number of halogens is 4. The summed E-state index contributed by atoms with van der Waals surface area (Å²) >= 11 is 29.1. The van der Waals surface area contributed by atoms with Gasteiger partial charge in [-0.15, -0.1) is 0 Å². The Morgan fingerprint density at radius 1 is 1.07 bits per heavy atom. The molecule has 0 heterocycles. The molecule has 11 heteroatoms. The van der Waals surface area contributed by atoms with E-state index in [0.29, 0.717) is 16.3 Å². The van der Waals surface area contributed by atoms with Crippen LogP contribution < -0.4 is 16.0 Å². The molecule has 30 heavy (non-hydrogen) atoms. The molecule has 1 amide bonds. The molecule has 0 spiro atoms. The maximum absolute atomic E-state index is 12.5. The van der Waals surface area contributed by atoms with Gasteiger partial charge in [0.05, 0.1) is 12.2 Å². The van der Waals surface area contributed by atoms with Gasteiger partial charge in [0.1, 0.15) is 6.17 Å². The third-order valence-electron chi connectivity index (χ3n) is 3.62. The van der Waals surface area contributed by atoms with Crippen molar-refractivity contribution < 1.29 is 14.3 Å². The van der Waals surface area contributed by atoms with Gasteiger partial charge >= 0.3 is 5.97 Å². The van der Waals surface area contributed by atoms with Gasteiger partial charge in [0.25, 0.3) is 5.91 Å². The highest BCUT2D eigenvalue weighted by atomic mass is 35.6. The van der Waals surface area contributed by atoms with Gasteiger partial charge in [-0.05, 0) is 61.6 Å². The number of rotatable bonds is 6. The fourth-order valence-electron chi connectivity index (χ4n) is 2.25. The monoisotopic (exact) mass is 507 g/mol. The van der Waals surface area contributed by atoms with Crippen molar-refractivity contribution in [3.63, 3.8) is 0 Å². The van der Waals surface area contributed by atoms with E-state index in [-0.39, 0.29) is 17.3 Å². The number of carbonyl (C=O) groups excluding carboxylic acids is 2. The molecule has 0 unspecified atom stereocenters. The molecule has 160 valence electrons. The van der Waals surface area contributed by atoms with E-state index >= 15 is 0 Å². The van der Waals surface area contributed by atoms with Crippen LogP contribution in [0.1, 0.15) is 27.6 Å². The van der Waals surface area contributed by atoms with Crippen molar-refractivity contribution in [1.82, 2.24) is 10.6 Å². The van der Waals surface area contributed by atoms with E-state index in [1.54, 1.807) is 49.4 Å². The van der Waals surface area contributed by atoms with Gasteiger partial charge in [-0.25, -0.2) is 4.79 Å². The van der Waals surface area contributed by atoms with E-state index in [2.05, 4.69) is 16.0 Å². The number of nitrogens with one attached hydrogen (secondary N) is 3. The number of benzene rings is 2. The Bertz CT molecular complexity index is 920. The first kappa shape index (κ1) is 24.5. The highest BCUT2D eigenvalue weighted by molar-refractivity contribution is 7.80. The van der Waals surface area contributed by atoms with Crippen LogP contribution in [0.5, 0.6) is 0 Å². The molecule has 0 aromatic heterocycles. The van der Waals surface area contributed by atoms with Crippen LogP contribution in [0.3, 0.4) is 0 Å². The molecule has 1 atom stereocenters. The van der Waals surface area contributed by atoms with Crippen molar-refractivity contribution in [3.05, 3.63) is 64.7 Å². The highest BCUT2D eigenvalue weighted by Gasteiger charge is 2.35. The Morgan fingerprint density at radius 2 is 1.73 bits per heavy atom. The Morgan fingerprint density at radius 3 is 2.30 bits per heavy atom. The Hall–Kier alpha value is -1.77. The predicted octanol–water partition coefficient (Wildman–Crippen LogP) is 4.93. The number of alkyl halides is 3. The number of hydrogen-bond acceptors (Lipinski definition) is 4. The second-order valence-electron chi connectivity index (χ2n) is 5.85. The number of amides is 1. The summed E-state index contributed by atoms with van der Waals surface area (Å²) in [7, 11) is 0. The van der Waals surface area contributed by atoms with Crippen molar-refractivity contribution in [2.75, 3.05) is 11.9 Å². The summed E-state index contributed by atoms with van der Waals surface area (Å²) in [5, 5.41) is 8.67. The number of hydrogen-bond donors (Lipinski definition) is 3. The van der Waals surface area contributed by atoms with Crippen molar-refractivity contribution in [2.24, 2.45) is 0 Å². The highest BCUT2D eigenvalue weighted by Crippen LogP contribution is 2.29. The van der Waals surface area contributed by atoms with E-state index in [4.69, 9.17) is 63.4 Å². The summed E-state index contributed by atoms with van der Waals surface area (Å²) in [5.41, 5.74) is 1.26. The van der Waals surface area contributed by atoms with Crippen LogP contribution in [0.25, 0.3) is 0 Å². The van der Waals surface area contributed by atoms with Gasteiger partial charge in [-0.1, -0.05) is 52.5 Å². The number of anilines is 1. The third-order valence-corrected chi connectivity index (χ3v) is 4.73. The zero-order valence-electron chi connectivity index (χ0n) is 15.5. The first-order valence-electron chi connectivity index (χ1n) is 8.58. The van der Waals surface area contributed by atoms with Crippen LogP contribution in [0.2, 0.25) is 5.02 Å². The second-order valence-corrected chi connectivity index (χ2v) is 9.07. The maximum atomic E-state index is 12.5. The minimum absolute atomic E-state index is 0.0848. The molecule has 0 aliphatic rings. The van der Waals surface area contributed by atoms with Gasteiger partial charge in [-0.2, -0.15) is 0 Å². The lowest BCUT2D eigenvalue weighted by molar-refractivity contribution is 0.0526. The molecule has 0 bridgehead atoms. The van der Waals surface area contributed by atoms with Crippen LogP contribution in [0, 0.1) is 0 Å². The lowest BCUT2D eigenvalue weighted by Crippen LogP contribution is -2.56. The number of esters is 1. The first-order chi connectivity index (χ1) is 14.1. The molecule has 2 rings (SSSR count). The maximum Gasteiger partial charge on any atom is 0.338 e. The van der Waals surface area contributed by atoms with Crippen LogP contribution in [0.15, 0.2) is 48.5 Å². The summed E-state index contributed by atoms with van der Waals surface area (Å²) < 4.78 is 3.02. The lowest BCUT2D eigenvalue weighted by atomic mass is 10.2. The average molecular weight is 509 g/mol. The number of ether oxygens (including phenoxy) is 1. The molecule has 3 N–H and O–H groups in total. The topological polar surface area (TPSA) is 79.5 Å². The van der Waals surface area contributed by atoms with E-state index in [0.717, 1.165) is 0 Å². The third kappa shape index (κ3) is 7.49. The molecule has 0 saturated carbocycles. The quantitative estimate of drug-likeness (QED) is 0.222. The average Bonchev–Trinajstić information content (AvgIpc) is 2.67. The van der Waals surface area contributed by atoms with E-state index in [1.165, 1.54) is 6.07 Å². The number of carbonyl (C=O) groups is 2. The molecule has 2 aromatic carbocycles. The molecule has 0 aliphatic carbocycles. The van der Waals surface area contributed by atoms with Gasteiger partial charge in [0.2, 0.25) is 3.79 Å². The largest absolute Gasteiger partial charge is 0.462 e. The Kier molecular flexibility index (Phi) is 9.00. The fourth-order valence-corrected chi connectivity index (χ4v) is 3.00.